The molecule has 0 bridgehead atoms. The van der Waals surface area contributed by atoms with Gasteiger partial charge >= 0.3 is 0 Å². The van der Waals surface area contributed by atoms with Crippen molar-refractivity contribution in [2.75, 3.05) is 27.2 Å². The fourth-order valence-electron chi connectivity index (χ4n) is 3.15. The third-order valence-corrected chi connectivity index (χ3v) is 5.56. The summed E-state index contributed by atoms with van der Waals surface area (Å²) >= 11 is 1.72. The fraction of sp³-hybridized carbons (Fsp3) is 0.409. The maximum Gasteiger partial charge on any atom is 0.194 e. The summed E-state index contributed by atoms with van der Waals surface area (Å²) < 4.78 is 7.31. The summed E-state index contributed by atoms with van der Waals surface area (Å²) in [6, 6.07) is 10.3. The van der Waals surface area contributed by atoms with Crippen molar-refractivity contribution in [3.63, 3.8) is 0 Å². The summed E-state index contributed by atoms with van der Waals surface area (Å²) in [5, 5.41) is 16.0. The topological polar surface area (TPSA) is 67.6 Å². The molecule has 1 N–H and O–H groups in total. The minimum absolute atomic E-state index is 0.718. The molecule has 160 valence electrons. The third-order valence-electron chi connectivity index (χ3n) is 4.83. The Morgan fingerprint density at radius 1 is 1.23 bits per heavy atom. The number of aromatic nitrogens is 3. The zero-order chi connectivity index (χ0) is 21.2. The van der Waals surface area contributed by atoms with Crippen molar-refractivity contribution in [2.45, 2.75) is 32.9 Å². The van der Waals surface area contributed by atoms with Crippen LogP contribution < -0.4 is 10.1 Å². The molecule has 0 amide bonds. The molecule has 0 unspecified atom stereocenters. The third kappa shape index (κ3) is 6.32. The number of hydrogen-bond acceptors (Lipinski definition) is 5. The average Bonchev–Trinajstić information content (AvgIpc) is 3.44. The normalized spacial score (nSPS) is 11.5. The van der Waals surface area contributed by atoms with Crippen molar-refractivity contribution >= 4 is 17.3 Å². The first-order valence-corrected chi connectivity index (χ1v) is 11.1. The van der Waals surface area contributed by atoms with Crippen LogP contribution in [-0.4, -0.2) is 52.9 Å². The number of hydrogen-bond donors (Lipinski definition) is 1. The van der Waals surface area contributed by atoms with E-state index >= 15 is 0 Å². The van der Waals surface area contributed by atoms with Crippen molar-refractivity contribution in [3.05, 3.63) is 64.4 Å². The number of nitrogens with zero attached hydrogens (tertiary/aromatic N) is 5. The molecule has 0 aliphatic carbocycles. The smallest absolute Gasteiger partial charge is 0.194 e. The standard InChI is InChI=1S/C22H30N6OS/c1-4-21-26-25-17-28(21)13-12-24-22(27(2)15-19-10-14-30-16-19)23-11-9-18-5-7-20(29-3)8-6-18/h5-8,10,14,16-17H,4,9,11-13,15H2,1-3H3,(H,23,24). The highest BCUT2D eigenvalue weighted by molar-refractivity contribution is 7.07. The van der Waals surface area contributed by atoms with E-state index in [-0.39, 0.29) is 0 Å². The highest BCUT2D eigenvalue weighted by Gasteiger charge is 2.09. The van der Waals surface area contributed by atoms with Crippen LogP contribution in [0.25, 0.3) is 0 Å². The second-order valence-electron chi connectivity index (χ2n) is 7.01. The van der Waals surface area contributed by atoms with Crippen LogP contribution in [0.15, 0.2) is 52.4 Å². The van der Waals surface area contributed by atoms with Crippen LogP contribution in [0.4, 0.5) is 0 Å². The van der Waals surface area contributed by atoms with Crippen molar-refractivity contribution in [2.24, 2.45) is 4.99 Å². The lowest BCUT2D eigenvalue weighted by Gasteiger charge is -2.22. The predicted octanol–water partition coefficient (Wildman–Crippen LogP) is 3.23. The van der Waals surface area contributed by atoms with E-state index in [0.717, 1.165) is 56.6 Å². The van der Waals surface area contributed by atoms with Crippen molar-refractivity contribution in [1.82, 2.24) is 25.0 Å². The van der Waals surface area contributed by atoms with E-state index in [1.165, 1.54) is 11.1 Å². The number of aryl methyl sites for hydroxylation is 1. The molecule has 0 saturated heterocycles. The summed E-state index contributed by atoms with van der Waals surface area (Å²) in [5.74, 6) is 2.78. The van der Waals surface area contributed by atoms with Gasteiger partial charge in [0.25, 0.3) is 0 Å². The Labute approximate surface area is 182 Å². The molecule has 0 aliphatic rings. The largest absolute Gasteiger partial charge is 0.497 e. The second kappa shape index (κ2) is 11.3. The number of benzene rings is 1. The second-order valence-corrected chi connectivity index (χ2v) is 7.79. The Balaban J connectivity index is 1.60. The molecule has 0 spiro atoms. The van der Waals surface area contributed by atoms with Crippen LogP contribution in [0.5, 0.6) is 5.75 Å². The van der Waals surface area contributed by atoms with Crippen LogP contribution in [-0.2, 0) is 25.9 Å². The lowest BCUT2D eigenvalue weighted by atomic mass is 10.1. The molecule has 0 aliphatic heterocycles. The van der Waals surface area contributed by atoms with E-state index in [4.69, 9.17) is 9.73 Å². The van der Waals surface area contributed by atoms with Crippen LogP contribution in [0.2, 0.25) is 0 Å². The summed E-state index contributed by atoms with van der Waals surface area (Å²) in [6.45, 7) is 5.20. The molecule has 1 aromatic carbocycles. The zero-order valence-corrected chi connectivity index (χ0v) is 18.7. The van der Waals surface area contributed by atoms with Crippen LogP contribution >= 0.6 is 11.3 Å². The van der Waals surface area contributed by atoms with Gasteiger partial charge in [-0.05, 0) is 46.5 Å². The Bertz CT molecular complexity index is 904. The van der Waals surface area contributed by atoms with Gasteiger partial charge in [-0.3, -0.25) is 4.99 Å². The first kappa shape index (κ1) is 21.8. The number of methoxy groups -OCH3 is 1. The Hall–Kier alpha value is -2.87. The van der Waals surface area contributed by atoms with E-state index in [2.05, 4.69) is 67.9 Å². The van der Waals surface area contributed by atoms with Crippen LogP contribution in [0.3, 0.4) is 0 Å². The molecule has 0 radical (unpaired) electrons. The molecule has 0 saturated carbocycles. The van der Waals surface area contributed by atoms with Gasteiger partial charge in [0.2, 0.25) is 0 Å². The molecule has 2 heterocycles. The van der Waals surface area contributed by atoms with Gasteiger partial charge < -0.3 is 19.5 Å². The van der Waals surface area contributed by atoms with Gasteiger partial charge in [-0.1, -0.05) is 19.1 Å². The lowest BCUT2D eigenvalue weighted by Crippen LogP contribution is -2.40. The Morgan fingerprint density at radius 2 is 2.07 bits per heavy atom. The van der Waals surface area contributed by atoms with Crippen molar-refractivity contribution in [1.29, 1.82) is 0 Å². The molecule has 0 atom stereocenters. The number of nitrogens with one attached hydrogen (secondary N) is 1. The number of ether oxygens (including phenoxy) is 1. The van der Waals surface area contributed by atoms with Crippen molar-refractivity contribution < 1.29 is 4.74 Å². The monoisotopic (exact) mass is 426 g/mol. The maximum atomic E-state index is 5.23. The SMILES string of the molecule is CCc1nncn1CCNC(=NCCc1ccc(OC)cc1)N(C)Cc1ccsc1. The molecular formula is C22H30N6OS. The van der Waals surface area contributed by atoms with Gasteiger partial charge in [0.05, 0.1) is 7.11 Å². The zero-order valence-electron chi connectivity index (χ0n) is 17.9. The van der Waals surface area contributed by atoms with Gasteiger partial charge in [-0.15, -0.1) is 10.2 Å². The molecule has 3 rings (SSSR count). The average molecular weight is 427 g/mol. The number of aliphatic imine (C=N–C) groups is 1. The molecule has 2 aromatic heterocycles. The van der Waals surface area contributed by atoms with Crippen LogP contribution in [0.1, 0.15) is 23.9 Å². The van der Waals surface area contributed by atoms with Crippen molar-refractivity contribution in [3.8, 4) is 5.75 Å². The minimum atomic E-state index is 0.718. The molecular weight excluding hydrogens is 396 g/mol. The first-order chi connectivity index (χ1) is 14.7. The number of guanidine groups is 1. The highest BCUT2D eigenvalue weighted by atomic mass is 32.1. The van der Waals surface area contributed by atoms with Gasteiger partial charge in [0, 0.05) is 39.6 Å². The van der Waals surface area contributed by atoms with E-state index in [1.807, 2.05) is 12.1 Å². The molecule has 0 fully saturated rings. The lowest BCUT2D eigenvalue weighted by molar-refractivity contribution is 0.414. The van der Waals surface area contributed by atoms with E-state index in [0.29, 0.717) is 0 Å². The fourth-order valence-corrected chi connectivity index (χ4v) is 3.81. The number of thiophene rings is 1. The van der Waals surface area contributed by atoms with Gasteiger partial charge in [0.1, 0.15) is 17.9 Å². The quantitative estimate of drug-likeness (QED) is 0.398. The Kier molecular flexibility index (Phi) is 8.26. The van der Waals surface area contributed by atoms with Crippen LogP contribution in [0, 0.1) is 0 Å². The summed E-state index contributed by atoms with van der Waals surface area (Å²) in [7, 11) is 3.76. The summed E-state index contributed by atoms with van der Waals surface area (Å²) in [4.78, 5) is 7.04. The molecule has 3 aromatic rings. The molecule has 8 heteroatoms. The summed E-state index contributed by atoms with van der Waals surface area (Å²) in [6.07, 6.45) is 3.55. The van der Waals surface area contributed by atoms with E-state index in [1.54, 1.807) is 24.8 Å². The molecule has 7 nitrogen and oxygen atoms in total. The van der Waals surface area contributed by atoms with Gasteiger partial charge in [0.15, 0.2) is 5.96 Å². The molecule has 30 heavy (non-hydrogen) atoms. The summed E-state index contributed by atoms with van der Waals surface area (Å²) in [5.41, 5.74) is 2.54. The Morgan fingerprint density at radius 3 is 2.77 bits per heavy atom. The van der Waals surface area contributed by atoms with E-state index in [9.17, 15) is 0 Å². The maximum absolute atomic E-state index is 5.23. The minimum Gasteiger partial charge on any atom is -0.497 e. The van der Waals surface area contributed by atoms with E-state index < -0.39 is 0 Å². The van der Waals surface area contributed by atoms with Gasteiger partial charge in [-0.2, -0.15) is 11.3 Å². The van der Waals surface area contributed by atoms with Gasteiger partial charge in [-0.25, -0.2) is 0 Å². The predicted molar refractivity (Wildman–Crippen MR) is 122 cm³/mol. The highest BCUT2D eigenvalue weighted by Crippen LogP contribution is 2.12. The first-order valence-electron chi connectivity index (χ1n) is 10.2. The number of rotatable bonds is 10.